The number of methoxy groups -OCH3 is 1. The Hall–Kier alpha value is -0.160. The highest BCUT2D eigenvalue weighted by Crippen LogP contribution is 1.95. The molecule has 0 spiro atoms. The van der Waals surface area contributed by atoms with Crippen LogP contribution in [0.2, 0.25) is 0 Å². The van der Waals surface area contributed by atoms with Crippen molar-refractivity contribution in [1.82, 2.24) is 5.32 Å². The van der Waals surface area contributed by atoms with Crippen molar-refractivity contribution in [3.63, 3.8) is 0 Å². The smallest absolute Gasteiger partial charge is 0.0488 e. The first kappa shape index (κ1) is 16.8. The van der Waals surface area contributed by atoms with Crippen molar-refractivity contribution in [2.45, 2.75) is 32.1 Å². The predicted molar refractivity (Wildman–Crippen MR) is 70.5 cm³/mol. The molecule has 0 atom stereocenters. The fourth-order valence-electron chi connectivity index (χ4n) is 1.46. The molecule has 0 fully saturated rings. The summed E-state index contributed by atoms with van der Waals surface area (Å²) in [7, 11) is 3.70. The third-order valence-corrected chi connectivity index (χ3v) is 2.43. The van der Waals surface area contributed by atoms with Gasteiger partial charge in [-0.25, -0.2) is 0 Å². The highest BCUT2D eigenvalue weighted by Gasteiger charge is 1.92. The van der Waals surface area contributed by atoms with Gasteiger partial charge >= 0.3 is 0 Å². The van der Waals surface area contributed by atoms with Crippen LogP contribution in [0.5, 0.6) is 0 Å². The molecule has 0 amide bonds. The Balaban J connectivity index is 2.85. The van der Waals surface area contributed by atoms with E-state index in [1.807, 2.05) is 7.05 Å². The summed E-state index contributed by atoms with van der Waals surface area (Å²) in [5.74, 6) is 0. The Morgan fingerprint density at radius 1 is 0.706 bits per heavy atom. The van der Waals surface area contributed by atoms with Gasteiger partial charge in [-0.1, -0.05) is 0 Å². The van der Waals surface area contributed by atoms with Gasteiger partial charge in [-0.05, 0) is 45.7 Å². The van der Waals surface area contributed by atoms with E-state index < -0.39 is 0 Å². The van der Waals surface area contributed by atoms with Crippen molar-refractivity contribution >= 4 is 0 Å². The lowest BCUT2D eigenvalue weighted by Crippen LogP contribution is -2.08. The fraction of sp³-hybridized carbons (Fsp3) is 1.00. The lowest BCUT2D eigenvalue weighted by atomic mass is 10.2. The molecule has 1 N–H and O–H groups in total. The van der Waals surface area contributed by atoms with Crippen molar-refractivity contribution in [2.75, 3.05) is 53.7 Å². The van der Waals surface area contributed by atoms with Crippen LogP contribution in [0.25, 0.3) is 0 Å². The van der Waals surface area contributed by atoms with Crippen molar-refractivity contribution in [3.8, 4) is 0 Å². The number of rotatable bonds is 14. The molecule has 17 heavy (non-hydrogen) atoms. The maximum Gasteiger partial charge on any atom is 0.0488 e. The van der Waals surface area contributed by atoms with Gasteiger partial charge in [0.05, 0.1) is 0 Å². The normalized spacial score (nSPS) is 10.9. The lowest BCUT2D eigenvalue weighted by Gasteiger charge is -2.05. The third kappa shape index (κ3) is 15.8. The molecule has 0 aromatic rings. The average Bonchev–Trinajstić information content (AvgIpc) is 2.35. The molecule has 0 aromatic carbocycles. The van der Waals surface area contributed by atoms with Crippen LogP contribution in [-0.2, 0) is 14.2 Å². The molecule has 104 valence electrons. The second-order valence-electron chi connectivity index (χ2n) is 4.09. The van der Waals surface area contributed by atoms with Crippen LogP contribution in [-0.4, -0.2) is 53.7 Å². The summed E-state index contributed by atoms with van der Waals surface area (Å²) in [6.45, 7) is 5.17. The Kier molecular flexibility index (Phi) is 15.7. The SMILES string of the molecule is CNCCCCCOCCCOCCCOC. The maximum absolute atomic E-state index is 5.52. The summed E-state index contributed by atoms with van der Waals surface area (Å²) < 4.78 is 15.9. The maximum atomic E-state index is 5.52. The van der Waals surface area contributed by atoms with Crippen LogP contribution >= 0.6 is 0 Å². The summed E-state index contributed by atoms with van der Waals surface area (Å²) in [5, 5.41) is 3.14. The van der Waals surface area contributed by atoms with Gasteiger partial charge < -0.3 is 19.5 Å². The van der Waals surface area contributed by atoms with Crippen LogP contribution < -0.4 is 5.32 Å². The van der Waals surface area contributed by atoms with Crippen molar-refractivity contribution in [1.29, 1.82) is 0 Å². The molecule has 0 saturated carbocycles. The minimum atomic E-state index is 0.781. The Morgan fingerprint density at radius 2 is 1.29 bits per heavy atom. The number of hydrogen-bond donors (Lipinski definition) is 1. The van der Waals surface area contributed by atoms with E-state index in [0.29, 0.717) is 0 Å². The molecule has 0 unspecified atom stereocenters. The van der Waals surface area contributed by atoms with Gasteiger partial charge in [0.1, 0.15) is 0 Å². The highest BCUT2D eigenvalue weighted by molar-refractivity contribution is 4.44. The molecule has 0 rings (SSSR count). The van der Waals surface area contributed by atoms with Crippen LogP contribution in [0.1, 0.15) is 32.1 Å². The van der Waals surface area contributed by atoms with Crippen LogP contribution in [0.3, 0.4) is 0 Å². The molecule has 4 nitrogen and oxygen atoms in total. The monoisotopic (exact) mass is 247 g/mol. The number of unbranched alkanes of at least 4 members (excludes halogenated alkanes) is 2. The van der Waals surface area contributed by atoms with E-state index in [9.17, 15) is 0 Å². The molecule has 0 aliphatic carbocycles. The first-order valence-electron chi connectivity index (χ1n) is 6.71. The molecule has 0 bridgehead atoms. The summed E-state index contributed by atoms with van der Waals surface area (Å²) >= 11 is 0. The molecule has 0 aliphatic heterocycles. The molecule has 4 heteroatoms. The average molecular weight is 247 g/mol. The summed E-state index contributed by atoms with van der Waals surface area (Å²) in [6, 6.07) is 0. The van der Waals surface area contributed by atoms with E-state index >= 15 is 0 Å². The Morgan fingerprint density at radius 3 is 1.88 bits per heavy atom. The quantitative estimate of drug-likeness (QED) is 0.475. The highest BCUT2D eigenvalue weighted by atomic mass is 16.5. The predicted octanol–water partition coefficient (Wildman–Crippen LogP) is 1.84. The van der Waals surface area contributed by atoms with Crippen molar-refractivity contribution < 1.29 is 14.2 Å². The number of hydrogen-bond acceptors (Lipinski definition) is 4. The second kappa shape index (κ2) is 15.8. The van der Waals surface area contributed by atoms with Gasteiger partial charge in [0.2, 0.25) is 0 Å². The van der Waals surface area contributed by atoms with Gasteiger partial charge in [0, 0.05) is 40.1 Å². The molecular formula is C13H29NO3. The molecule has 0 heterocycles. The molecule has 0 aromatic heterocycles. The van der Waals surface area contributed by atoms with Crippen LogP contribution in [0.4, 0.5) is 0 Å². The summed E-state index contributed by atoms with van der Waals surface area (Å²) in [5.41, 5.74) is 0. The van der Waals surface area contributed by atoms with Gasteiger partial charge in [-0.15, -0.1) is 0 Å². The first-order chi connectivity index (χ1) is 8.41. The van der Waals surface area contributed by atoms with E-state index in [0.717, 1.165) is 58.8 Å². The molecular weight excluding hydrogens is 218 g/mol. The largest absolute Gasteiger partial charge is 0.385 e. The van der Waals surface area contributed by atoms with E-state index in [4.69, 9.17) is 14.2 Å². The van der Waals surface area contributed by atoms with Crippen LogP contribution in [0.15, 0.2) is 0 Å². The van der Waals surface area contributed by atoms with Gasteiger partial charge in [0.25, 0.3) is 0 Å². The fourth-order valence-corrected chi connectivity index (χ4v) is 1.46. The van der Waals surface area contributed by atoms with E-state index in [1.165, 1.54) is 12.8 Å². The molecule has 0 saturated heterocycles. The van der Waals surface area contributed by atoms with E-state index in [-0.39, 0.29) is 0 Å². The van der Waals surface area contributed by atoms with Crippen molar-refractivity contribution in [2.24, 2.45) is 0 Å². The minimum Gasteiger partial charge on any atom is -0.385 e. The molecule has 0 radical (unpaired) electrons. The summed E-state index contributed by atoms with van der Waals surface area (Å²) in [4.78, 5) is 0. The van der Waals surface area contributed by atoms with Gasteiger partial charge in [0.15, 0.2) is 0 Å². The zero-order valence-electron chi connectivity index (χ0n) is 11.5. The minimum absolute atomic E-state index is 0.781. The zero-order valence-corrected chi connectivity index (χ0v) is 11.5. The topological polar surface area (TPSA) is 39.7 Å². The molecule has 0 aliphatic rings. The van der Waals surface area contributed by atoms with Gasteiger partial charge in [-0.3, -0.25) is 0 Å². The Bertz CT molecular complexity index is 120. The second-order valence-corrected chi connectivity index (χ2v) is 4.09. The third-order valence-electron chi connectivity index (χ3n) is 2.43. The van der Waals surface area contributed by atoms with E-state index in [2.05, 4.69) is 5.32 Å². The lowest BCUT2D eigenvalue weighted by molar-refractivity contribution is 0.0705. The van der Waals surface area contributed by atoms with Crippen molar-refractivity contribution in [3.05, 3.63) is 0 Å². The van der Waals surface area contributed by atoms with Gasteiger partial charge in [-0.2, -0.15) is 0 Å². The first-order valence-corrected chi connectivity index (χ1v) is 6.71. The standard InChI is InChI=1S/C13H29NO3/c1-14-8-4-3-5-10-16-12-7-13-17-11-6-9-15-2/h14H,3-13H2,1-2H3. The number of nitrogens with one attached hydrogen (secondary N) is 1. The number of ether oxygens (including phenoxy) is 3. The van der Waals surface area contributed by atoms with E-state index in [1.54, 1.807) is 7.11 Å². The summed E-state index contributed by atoms with van der Waals surface area (Å²) in [6.07, 6.45) is 5.61. The zero-order chi connectivity index (χ0) is 12.6. The van der Waals surface area contributed by atoms with Crippen LogP contribution in [0, 0.1) is 0 Å². The Labute approximate surface area is 106 Å².